The molecule has 0 aromatic heterocycles. The van der Waals surface area contributed by atoms with Gasteiger partial charge in [0.05, 0.1) is 0 Å². The maximum absolute atomic E-state index is 12.1. The maximum Gasteiger partial charge on any atom is 0.246 e. The lowest BCUT2D eigenvalue weighted by Gasteiger charge is -2.34. The largest absolute Gasteiger partial charge is 0.337 e. The second-order valence-corrected chi connectivity index (χ2v) is 13.2. The third kappa shape index (κ3) is 21.1. The van der Waals surface area contributed by atoms with Crippen molar-refractivity contribution in [1.29, 1.82) is 0 Å². The lowest BCUT2D eigenvalue weighted by Crippen LogP contribution is -2.49. The van der Waals surface area contributed by atoms with Crippen molar-refractivity contribution in [2.24, 2.45) is 0 Å². The summed E-state index contributed by atoms with van der Waals surface area (Å²) in [6.45, 7) is 16.3. The number of unbranched alkanes of at least 4 members (excludes halogenated alkanes) is 10. The molecule has 0 spiro atoms. The van der Waals surface area contributed by atoms with E-state index >= 15 is 0 Å². The number of rotatable bonds is 20. The highest BCUT2D eigenvalue weighted by molar-refractivity contribution is 5.88. The number of amides is 2. The Hall–Kier alpha value is -1.74. The Labute approximate surface area is 272 Å². The van der Waals surface area contributed by atoms with Crippen molar-refractivity contribution in [2.75, 3.05) is 107 Å². The van der Waals surface area contributed by atoms with Crippen molar-refractivity contribution in [3.63, 3.8) is 0 Å². The van der Waals surface area contributed by atoms with Gasteiger partial charge in [0.25, 0.3) is 0 Å². The summed E-state index contributed by atoms with van der Waals surface area (Å²) in [4.78, 5) is 37.5. The molecule has 2 aliphatic heterocycles. The SMILES string of the molecule is CCCCCCC/C=C/C(=O)N1CCN(CCN(C)C)CC1.CCCCCCC/C=C/C(=O)N1CCN(CCN(C)C)CC1. The molecule has 0 bridgehead atoms. The molecule has 0 aromatic rings. The number of carbonyl (C=O) groups excluding carboxylic acids is 2. The van der Waals surface area contributed by atoms with Gasteiger partial charge in [0, 0.05) is 78.5 Å². The van der Waals surface area contributed by atoms with Gasteiger partial charge in [0.2, 0.25) is 11.8 Å². The Balaban J connectivity index is 0.000000440. The number of hydrogen-bond donors (Lipinski definition) is 0. The molecule has 44 heavy (non-hydrogen) atoms. The van der Waals surface area contributed by atoms with Crippen molar-refractivity contribution < 1.29 is 9.59 Å². The molecule has 2 fully saturated rings. The molecule has 0 N–H and O–H groups in total. The van der Waals surface area contributed by atoms with Crippen LogP contribution in [0.5, 0.6) is 0 Å². The summed E-state index contributed by atoms with van der Waals surface area (Å²) in [7, 11) is 8.42. The van der Waals surface area contributed by atoms with E-state index < -0.39 is 0 Å². The zero-order chi connectivity index (χ0) is 32.4. The average molecular weight is 619 g/mol. The van der Waals surface area contributed by atoms with Gasteiger partial charge < -0.3 is 19.6 Å². The van der Waals surface area contributed by atoms with Crippen LogP contribution in [0.25, 0.3) is 0 Å². The van der Waals surface area contributed by atoms with Gasteiger partial charge in [-0.2, -0.15) is 0 Å². The van der Waals surface area contributed by atoms with E-state index in [1.807, 2.05) is 9.80 Å². The Morgan fingerprint density at radius 1 is 0.523 bits per heavy atom. The third-order valence-corrected chi connectivity index (χ3v) is 8.56. The van der Waals surface area contributed by atoms with Gasteiger partial charge in [-0.15, -0.1) is 0 Å². The first kappa shape index (κ1) is 40.3. The highest BCUT2D eigenvalue weighted by Gasteiger charge is 2.20. The molecule has 8 heteroatoms. The first-order valence-corrected chi connectivity index (χ1v) is 17.9. The van der Waals surface area contributed by atoms with Crippen LogP contribution in [-0.2, 0) is 9.59 Å². The lowest BCUT2D eigenvalue weighted by molar-refractivity contribution is -0.128. The summed E-state index contributed by atoms with van der Waals surface area (Å²) in [5.41, 5.74) is 0. The predicted octanol–water partition coefficient (Wildman–Crippen LogP) is 5.22. The van der Waals surface area contributed by atoms with Crippen molar-refractivity contribution in [1.82, 2.24) is 29.4 Å². The lowest BCUT2D eigenvalue weighted by atomic mass is 10.1. The van der Waals surface area contributed by atoms with Gasteiger partial charge in [-0.05, 0) is 66.0 Å². The molecular weight excluding hydrogens is 548 g/mol. The van der Waals surface area contributed by atoms with Gasteiger partial charge in [0.1, 0.15) is 0 Å². The molecule has 2 aliphatic rings. The minimum atomic E-state index is 0.195. The summed E-state index contributed by atoms with van der Waals surface area (Å²) in [6, 6.07) is 0. The Morgan fingerprint density at radius 3 is 1.18 bits per heavy atom. The monoisotopic (exact) mass is 619 g/mol. The number of hydrogen-bond acceptors (Lipinski definition) is 6. The average Bonchev–Trinajstić information content (AvgIpc) is 3.02. The molecular formula is C36H70N6O2. The highest BCUT2D eigenvalue weighted by Crippen LogP contribution is 2.08. The molecule has 0 unspecified atom stereocenters. The van der Waals surface area contributed by atoms with Gasteiger partial charge in [-0.1, -0.05) is 77.4 Å². The van der Waals surface area contributed by atoms with E-state index in [-0.39, 0.29) is 11.8 Å². The molecule has 2 saturated heterocycles. The van der Waals surface area contributed by atoms with Crippen molar-refractivity contribution in [3.8, 4) is 0 Å². The van der Waals surface area contributed by atoms with Gasteiger partial charge in [-0.25, -0.2) is 0 Å². The first-order chi connectivity index (χ1) is 21.3. The smallest absolute Gasteiger partial charge is 0.246 e. The van der Waals surface area contributed by atoms with E-state index in [0.29, 0.717) is 0 Å². The minimum absolute atomic E-state index is 0.195. The van der Waals surface area contributed by atoms with Crippen molar-refractivity contribution >= 4 is 11.8 Å². The minimum Gasteiger partial charge on any atom is -0.337 e. The number of carbonyl (C=O) groups is 2. The number of piperazine rings is 2. The first-order valence-electron chi connectivity index (χ1n) is 17.9. The third-order valence-electron chi connectivity index (χ3n) is 8.56. The fraction of sp³-hybridized carbons (Fsp3) is 0.833. The summed E-state index contributed by atoms with van der Waals surface area (Å²) in [5, 5.41) is 0. The van der Waals surface area contributed by atoms with Crippen LogP contribution in [0.4, 0.5) is 0 Å². The topological polar surface area (TPSA) is 53.6 Å². The quantitative estimate of drug-likeness (QED) is 0.138. The van der Waals surface area contributed by atoms with Crippen LogP contribution >= 0.6 is 0 Å². The van der Waals surface area contributed by atoms with Gasteiger partial charge in [-0.3, -0.25) is 19.4 Å². The molecule has 0 atom stereocenters. The summed E-state index contributed by atoms with van der Waals surface area (Å²) >= 11 is 0. The van der Waals surface area contributed by atoms with Crippen LogP contribution < -0.4 is 0 Å². The molecule has 2 heterocycles. The molecule has 0 radical (unpaired) electrons. The van der Waals surface area contributed by atoms with Crippen molar-refractivity contribution in [3.05, 3.63) is 24.3 Å². The van der Waals surface area contributed by atoms with E-state index in [1.54, 1.807) is 12.2 Å². The predicted molar refractivity (Wildman–Crippen MR) is 188 cm³/mol. The Bertz CT molecular complexity index is 705. The van der Waals surface area contributed by atoms with Crippen LogP contribution in [0.3, 0.4) is 0 Å². The maximum atomic E-state index is 12.1. The second kappa shape index (κ2) is 26.5. The van der Waals surface area contributed by atoms with Crippen LogP contribution in [0, 0.1) is 0 Å². The highest BCUT2D eigenvalue weighted by atomic mass is 16.2. The standard InChI is InChI=1S/2C18H35N3O/c2*1-4-5-6-7-8-9-10-11-18(22)21-16-14-20(15-17-21)13-12-19(2)3/h2*10-11H,4-9,12-17H2,1-3H3/b2*11-10+. The van der Waals surface area contributed by atoms with E-state index in [1.165, 1.54) is 64.2 Å². The van der Waals surface area contributed by atoms with Crippen LogP contribution in [0.15, 0.2) is 24.3 Å². The molecule has 2 rings (SSSR count). The molecule has 2 amide bonds. The van der Waals surface area contributed by atoms with Gasteiger partial charge in [0.15, 0.2) is 0 Å². The number of likely N-dealkylation sites (N-methyl/N-ethyl adjacent to an activating group) is 2. The van der Waals surface area contributed by atoms with Crippen LogP contribution in [0.2, 0.25) is 0 Å². The van der Waals surface area contributed by atoms with Crippen molar-refractivity contribution in [2.45, 2.75) is 90.9 Å². The molecule has 256 valence electrons. The van der Waals surface area contributed by atoms with Crippen LogP contribution in [0.1, 0.15) is 90.9 Å². The molecule has 0 aromatic carbocycles. The Kier molecular flexibility index (Phi) is 24.2. The number of allylic oxidation sites excluding steroid dienone is 2. The number of nitrogens with zero attached hydrogens (tertiary/aromatic N) is 6. The molecule has 0 aliphatic carbocycles. The fourth-order valence-corrected chi connectivity index (χ4v) is 5.38. The fourth-order valence-electron chi connectivity index (χ4n) is 5.38. The van der Waals surface area contributed by atoms with E-state index in [0.717, 1.165) is 91.4 Å². The molecule has 0 saturated carbocycles. The summed E-state index contributed by atoms with van der Waals surface area (Å²) < 4.78 is 0. The van der Waals surface area contributed by atoms with E-state index in [2.05, 4.69) is 73.8 Å². The zero-order valence-corrected chi connectivity index (χ0v) is 29.8. The summed E-state index contributed by atoms with van der Waals surface area (Å²) in [6.07, 6.45) is 22.7. The normalized spacial score (nSPS) is 16.8. The summed E-state index contributed by atoms with van der Waals surface area (Å²) in [5.74, 6) is 0.390. The second-order valence-electron chi connectivity index (χ2n) is 13.2. The van der Waals surface area contributed by atoms with Crippen LogP contribution in [-0.4, -0.2) is 148 Å². The molecule has 8 nitrogen and oxygen atoms in total. The Morgan fingerprint density at radius 2 is 0.864 bits per heavy atom. The van der Waals surface area contributed by atoms with Gasteiger partial charge >= 0.3 is 0 Å². The zero-order valence-electron chi connectivity index (χ0n) is 29.8. The van der Waals surface area contributed by atoms with E-state index in [9.17, 15) is 9.59 Å². The van der Waals surface area contributed by atoms with E-state index in [4.69, 9.17) is 0 Å².